The number of hydrogen-bond donors (Lipinski definition) is 0. The lowest BCUT2D eigenvalue weighted by Crippen LogP contribution is -2.37. The van der Waals surface area contributed by atoms with Gasteiger partial charge in [-0.25, -0.2) is 0 Å². The van der Waals surface area contributed by atoms with Crippen molar-refractivity contribution in [3.63, 3.8) is 0 Å². The van der Waals surface area contributed by atoms with Crippen molar-refractivity contribution in [2.75, 3.05) is 11.4 Å². The van der Waals surface area contributed by atoms with Gasteiger partial charge in [-0.1, -0.05) is 18.2 Å². The third-order valence-corrected chi connectivity index (χ3v) is 3.61. The maximum atomic E-state index is 12.2. The van der Waals surface area contributed by atoms with Gasteiger partial charge in [0.25, 0.3) is 0 Å². The molecule has 0 aromatic heterocycles. The largest absolute Gasteiger partial charge is 0.312 e. The van der Waals surface area contributed by atoms with Gasteiger partial charge in [-0.2, -0.15) is 0 Å². The molecule has 1 heterocycles. The normalized spacial score (nSPS) is 19.4. The molecule has 0 spiro atoms. The molecule has 0 radical (unpaired) electrons. The third kappa shape index (κ3) is 1.53. The Morgan fingerprint density at radius 1 is 1.38 bits per heavy atom. The van der Waals surface area contributed by atoms with Crippen molar-refractivity contribution in [3.05, 3.63) is 29.3 Å². The monoisotopic (exact) mass is 215 g/mol. The van der Waals surface area contributed by atoms with Crippen LogP contribution in [0.1, 0.15) is 30.4 Å². The highest BCUT2D eigenvalue weighted by Crippen LogP contribution is 2.37. The number of fused-ring (bicyclic) bond motifs is 1. The fourth-order valence-corrected chi connectivity index (χ4v) is 2.62. The summed E-state index contributed by atoms with van der Waals surface area (Å²) < 4.78 is 0. The first-order valence-corrected chi connectivity index (χ1v) is 6.17. The molecule has 84 valence electrons. The molecule has 0 saturated heterocycles. The van der Waals surface area contributed by atoms with Crippen LogP contribution in [-0.4, -0.2) is 12.5 Å². The minimum absolute atomic E-state index is 0.325. The van der Waals surface area contributed by atoms with Crippen LogP contribution < -0.4 is 4.90 Å². The summed E-state index contributed by atoms with van der Waals surface area (Å²) in [6.07, 6.45) is 4.41. The molecule has 1 aliphatic heterocycles. The van der Waals surface area contributed by atoms with Gasteiger partial charge < -0.3 is 4.90 Å². The highest BCUT2D eigenvalue weighted by atomic mass is 16.2. The molecule has 1 aliphatic carbocycles. The predicted octanol–water partition coefficient (Wildman–Crippen LogP) is 2.68. The number of carbonyl (C=O) groups is 1. The fourth-order valence-electron chi connectivity index (χ4n) is 2.62. The van der Waals surface area contributed by atoms with Gasteiger partial charge in [0, 0.05) is 18.2 Å². The molecule has 2 nitrogen and oxygen atoms in total. The summed E-state index contributed by atoms with van der Waals surface area (Å²) in [7, 11) is 0. The van der Waals surface area contributed by atoms with E-state index in [1.54, 1.807) is 0 Å². The lowest BCUT2D eigenvalue weighted by atomic mass is 9.98. The molecule has 0 unspecified atom stereocenters. The smallest absolute Gasteiger partial charge is 0.230 e. The van der Waals surface area contributed by atoms with E-state index in [2.05, 4.69) is 25.1 Å². The van der Waals surface area contributed by atoms with Crippen molar-refractivity contribution in [1.29, 1.82) is 0 Å². The van der Waals surface area contributed by atoms with E-state index >= 15 is 0 Å². The number of hydrogen-bond acceptors (Lipinski definition) is 1. The number of nitrogens with zero attached hydrogens (tertiary/aromatic N) is 1. The van der Waals surface area contributed by atoms with Crippen molar-refractivity contribution in [1.82, 2.24) is 0 Å². The Kier molecular flexibility index (Phi) is 2.23. The van der Waals surface area contributed by atoms with Crippen LogP contribution in [0.4, 0.5) is 5.69 Å². The summed E-state index contributed by atoms with van der Waals surface area (Å²) in [6.45, 7) is 3.02. The van der Waals surface area contributed by atoms with Crippen LogP contribution in [0.3, 0.4) is 0 Å². The Morgan fingerprint density at radius 2 is 2.19 bits per heavy atom. The predicted molar refractivity (Wildman–Crippen MR) is 64.6 cm³/mol. The van der Waals surface area contributed by atoms with Gasteiger partial charge in [0.15, 0.2) is 0 Å². The molecule has 0 bridgehead atoms. The Labute approximate surface area is 96.3 Å². The summed E-state index contributed by atoms with van der Waals surface area (Å²) in [6, 6.07) is 6.37. The van der Waals surface area contributed by atoms with Gasteiger partial charge in [0.1, 0.15) is 0 Å². The average molecular weight is 215 g/mol. The molecule has 2 heteroatoms. The molecule has 1 amide bonds. The molecule has 2 aliphatic rings. The van der Waals surface area contributed by atoms with E-state index in [1.807, 2.05) is 4.90 Å². The van der Waals surface area contributed by atoms with E-state index in [0.29, 0.717) is 11.8 Å². The van der Waals surface area contributed by atoms with Crippen LogP contribution in [0.25, 0.3) is 0 Å². The molecular weight excluding hydrogens is 198 g/mol. The number of aryl methyl sites for hydroxylation is 2. The van der Waals surface area contributed by atoms with E-state index < -0.39 is 0 Å². The quantitative estimate of drug-likeness (QED) is 0.705. The number of para-hydroxylation sites is 1. The third-order valence-electron chi connectivity index (χ3n) is 3.61. The van der Waals surface area contributed by atoms with Crippen molar-refractivity contribution < 1.29 is 4.79 Å². The first-order chi connectivity index (χ1) is 7.77. The molecule has 0 N–H and O–H groups in total. The van der Waals surface area contributed by atoms with Crippen LogP contribution in [-0.2, 0) is 11.2 Å². The number of amides is 1. The molecule has 1 fully saturated rings. The van der Waals surface area contributed by atoms with E-state index in [9.17, 15) is 4.79 Å². The average Bonchev–Trinajstić information content (AvgIpc) is 3.12. The van der Waals surface area contributed by atoms with Crippen LogP contribution in [0.2, 0.25) is 0 Å². The van der Waals surface area contributed by atoms with E-state index in [1.165, 1.54) is 16.8 Å². The number of benzene rings is 1. The summed E-state index contributed by atoms with van der Waals surface area (Å²) in [5.74, 6) is 0.681. The summed E-state index contributed by atoms with van der Waals surface area (Å²) >= 11 is 0. The molecule has 0 atom stereocenters. The molecule has 1 saturated carbocycles. The second-order valence-electron chi connectivity index (χ2n) is 4.95. The minimum atomic E-state index is 0.325. The van der Waals surface area contributed by atoms with Crippen molar-refractivity contribution >= 4 is 11.6 Å². The highest BCUT2D eigenvalue weighted by Gasteiger charge is 2.35. The van der Waals surface area contributed by atoms with Gasteiger partial charge in [-0.3, -0.25) is 4.79 Å². The minimum Gasteiger partial charge on any atom is -0.312 e. The first-order valence-electron chi connectivity index (χ1n) is 6.17. The molecule has 16 heavy (non-hydrogen) atoms. The Balaban J connectivity index is 2.01. The Hall–Kier alpha value is -1.31. The standard InChI is InChI=1S/C14H17NO/c1-10-4-2-5-11-6-3-9-15(13(10)11)14(16)12-7-8-12/h2,4-5,12H,3,6-9H2,1H3. The van der Waals surface area contributed by atoms with Crippen molar-refractivity contribution in [3.8, 4) is 0 Å². The Bertz CT molecular complexity index is 434. The zero-order chi connectivity index (χ0) is 11.1. The summed E-state index contributed by atoms with van der Waals surface area (Å²) in [4.78, 5) is 14.2. The van der Waals surface area contributed by atoms with Crippen LogP contribution in [0, 0.1) is 12.8 Å². The number of anilines is 1. The van der Waals surface area contributed by atoms with E-state index in [0.717, 1.165) is 32.2 Å². The van der Waals surface area contributed by atoms with Gasteiger partial charge in [0.2, 0.25) is 5.91 Å². The Morgan fingerprint density at radius 3 is 2.94 bits per heavy atom. The number of rotatable bonds is 1. The molecule has 1 aromatic rings. The highest BCUT2D eigenvalue weighted by molar-refractivity contribution is 5.98. The topological polar surface area (TPSA) is 20.3 Å². The zero-order valence-electron chi connectivity index (χ0n) is 9.70. The van der Waals surface area contributed by atoms with Gasteiger partial charge in [0.05, 0.1) is 0 Å². The second kappa shape index (κ2) is 3.62. The summed E-state index contributed by atoms with van der Waals surface area (Å²) in [5, 5.41) is 0. The lowest BCUT2D eigenvalue weighted by Gasteiger charge is -2.31. The van der Waals surface area contributed by atoms with Gasteiger partial charge >= 0.3 is 0 Å². The van der Waals surface area contributed by atoms with Crippen LogP contribution in [0.15, 0.2) is 18.2 Å². The number of carbonyl (C=O) groups excluding carboxylic acids is 1. The van der Waals surface area contributed by atoms with Crippen LogP contribution >= 0.6 is 0 Å². The zero-order valence-corrected chi connectivity index (χ0v) is 9.70. The molecular formula is C14H17NO. The van der Waals surface area contributed by atoms with Gasteiger partial charge in [-0.05, 0) is 43.7 Å². The second-order valence-corrected chi connectivity index (χ2v) is 4.95. The maximum absolute atomic E-state index is 12.2. The van der Waals surface area contributed by atoms with Crippen molar-refractivity contribution in [2.45, 2.75) is 32.6 Å². The lowest BCUT2D eigenvalue weighted by molar-refractivity contribution is -0.119. The first kappa shape index (κ1) is 9.88. The SMILES string of the molecule is Cc1cccc2c1N(C(=O)C1CC1)CCC2. The molecule has 1 aromatic carbocycles. The summed E-state index contributed by atoms with van der Waals surface area (Å²) in [5.41, 5.74) is 3.79. The van der Waals surface area contributed by atoms with E-state index in [-0.39, 0.29) is 0 Å². The fraction of sp³-hybridized carbons (Fsp3) is 0.500. The van der Waals surface area contributed by atoms with Gasteiger partial charge in [-0.15, -0.1) is 0 Å². The van der Waals surface area contributed by atoms with Crippen LogP contribution in [0.5, 0.6) is 0 Å². The maximum Gasteiger partial charge on any atom is 0.230 e. The van der Waals surface area contributed by atoms with E-state index in [4.69, 9.17) is 0 Å². The molecule has 3 rings (SSSR count). The van der Waals surface area contributed by atoms with Crippen molar-refractivity contribution in [2.24, 2.45) is 5.92 Å².